The summed E-state index contributed by atoms with van der Waals surface area (Å²) in [6, 6.07) is 4.78. The van der Waals surface area contributed by atoms with Crippen LogP contribution in [0.3, 0.4) is 0 Å². The molecule has 1 atom stereocenters. The molecule has 0 saturated carbocycles. The predicted octanol–water partition coefficient (Wildman–Crippen LogP) is 4.77. The van der Waals surface area contributed by atoms with Crippen LogP contribution in [0.15, 0.2) is 35.4 Å². The Bertz CT molecular complexity index is 1190. The highest BCUT2D eigenvalue weighted by Gasteiger charge is 2.35. The summed E-state index contributed by atoms with van der Waals surface area (Å²) in [5, 5.41) is 21.4. The maximum atomic E-state index is 13.8. The Kier molecular flexibility index (Phi) is 7.64. The zero-order valence-corrected chi connectivity index (χ0v) is 20.8. The van der Waals surface area contributed by atoms with Gasteiger partial charge in [-0.05, 0) is 36.0 Å². The molecule has 2 heterocycles. The third kappa shape index (κ3) is 5.40. The van der Waals surface area contributed by atoms with Crippen molar-refractivity contribution in [3.8, 4) is 11.4 Å². The second kappa shape index (κ2) is 10.3. The van der Waals surface area contributed by atoms with Gasteiger partial charge in [-0.1, -0.05) is 53.2 Å². The Balaban J connectivity index is 2.42. The van der Waals surface area contributed by atoms with Gasteiger partial charge in [0.25, 0.3) is 5.56 Å². The summed E-state index contributed by atoms with van der Waals surface area (Å²) in [5.41, 5.74) is 0.584. The average molecular weight is 470 g/mol. The molecule has 0 bridgehead atoms. The van der Waals surface area contributed by atoms with Gasteiger partial charge in [0.2, 0.25) is 0 Å². The van der Waals surface area contributed by atoms with Gasteiger partial charge in [0.05, 0.1) is 41.8 Å². The van der Waals surface area contributed by atoms with E-state index in [4.69, 9.17) is 4.74 Å². The van der Waals surface area contributed by atoms with Gasteiger partial charge in [0, 0.05) is 11.9 Å². The molecule has 9 heteroatoms. The van der Waals surface area contributed by atoms with E-state index in [9.17, 15) is 14.7 Å². The van der Waals surface area contributed by atoms with Crippen molar-refractivity contribution in [3.05, 3.63) is 46.6 Å². The monoisotopic (exact) mass is 469 g/mol. The molecule has 0 spiro atoms. The zero-order chi connectivity index (χ0) is 25.0. The van der Waals surface area contributed by atoms with E-state index in [1.165, 1.54) is 0 Å². The maximum absolute atomic E-state index is 13.8. The molecule has 0 aliphatic carbocycles. The number of hydrogen-bond acceptors (Lipinski definition) is 5. The molecule has 0 fully saturated rings. The van der Waals surface area contributed by atoms with E-state index in [0.717, 1.165) is 18.5 Å². The molecule has 1 unspecified atom stereocenters. The second-order valence-electron chi connectivity index (χ2n) is 10.1. The number of unbranched alkanes of at least 4 members (excludes halogenated alkanes) is 1. The first kappa shape index (κ1) is 25.3. The Labute approximate surface area is 199 Å². The fourth-order valence-electron chi connectivity index (χ4n) is 4.03. The molecule has 2 aromatic heterocycles. The quantitative estimate of drug-likeness (QED) is 0.437. The number of benzene rings is 1. The summed E-state index contributed by atoms with van der Waals surface area (Å²) in [4.78, 5) is 25.6. The van der Waals surface area contributed by atoms with Crippen molar-refractivity contribution in [2.24, 2.45) is 11.3 Å². The number of nitrogens with one attached hydrogen (secondary N) is 1. The minimum atomic E-state index is -1.15. The van der Waals surface area contributed by atoms with Gasteiger partial charge >= 0.3 is 6.09 Å². The molecule has 0 radical (unpaired) electrons. The standard InChI is InChI=1S/C25H35N5O4/c1-7-8-13-34-21-19-14-17(30-12-11-26-28-30)9-10-18(19)23(31)29(15-16(2)3)20(21)22(25(4,5)6)27-24(32)33/h9-12,14,16,22,27H,7-8,13,15H2,1-6H3,(H,32,33). The van der Waals surface area contributed by atoms with Gasteiger partial charge in [-0.3, -0.25) is 4.79 Å². The summed E-state index contributed by atoms with van der Waals surface area (Å²) in [5.74, 6) is 0.691. The summed E-state index contributed by atoms with van der Waals surface area (Å²) < 4.78 is 9.67. The molecule has 3 aromatic rings. The van der Waals surface area contributed by atoms with Crippen LogP contribution < -0.4 is 15.6 Å². The van der Waals surface area contributed by atoms with Crippen molar-refractivity contribution < 1.29 is 14.6 Å². The zero-order valence-electron chi connectivity index (χ0n) is 20.8. The molecule has 1 aromatic carbocycles. The number of hydrogen-bond donors (Lipinski definition) is 2. The predicted molar refractivity (Wildman–Crippen MR) is 132 cm³/mol. The fraction of sp³-hybridized carbons (Fsp3) is 0.520. The van der Waals surface area contributed by atoms with Crippen LogP contribution in [0.4, 0.5) is 4.79 Å². The van der Waals surface area contributed by atoms with Gasteiger partial charge in [0.15, 0.2) is 0 Å². The highest BCUT2D eigenvalue weighted by atomic mass is 16.5. The summed E-state index contributed by atoms with van der Waals surface area (Å²) >= 11 is 0. The molecule has 0 saturated heterocycles. The van der Waals surface area contributed by atoms with E-state index in [-0.39, 0.29) is 11.5 Å². The topological polar surface area (TPSA) is 111 Å². The van der Waals surface area contributed by atoms with Crippen molar-refractivity contribution in [3.63, 3.8) is 0 Å². The van der Waals surface area contributed by atoms with Crippen molar-refractivity contribution in [2.45, 2.75) is 67.0 Å². The third-order valence-corrected chi connectivity index (χ3v) is 5.63. The molecule has 1 amide bonds. The van der Waals surface area contributed by atoms with Gasteiger partial charge in [-0.25, -0.2) is 9.48 Å². The maximum Gasteiger partial charge on any atom is 0.405 e. The first-order valence-corrected chi connectivity index (χ1v) is 11.7. The number of fused-ring (bicyclic) bond motifs is 1. The lowest BCUT2D eigenvalue weighted by molar-refractivity contribution is 0.170. The SMILES string of the molecule is CCCCOc1c(C(NC(=O)O)C(C)(C)C)n(CC(C)C)c(=O)c2ccc(-n3ccnn3)cc12. The van der Waals surface area contributed by atoms with E-state index in [2.05, 4.69) is 22.6 Å². The lowest BCUT2D eigenvalue weighted by Gasteiger charge is -2.34. The van der Waals surface area contributed by atoms with E-state index >= 15 is 0 Å². The van der Waals surface area contributed by atoms with Crippen LogP contribution in [0, 0.1) is 11.3 Å². The molecule has 0 aliphatic heterocycles. The minimum absolute atomic E-state index is 0.164. The molecule has 0 aliphatic rings. The van der Waals surface area contributed by atoms with Gasteiger partial charge in [-0.15, -0.1) is 5.10 Å². The lowest BCUT2D eigenvalue weighted by Crippen LogP contribution is -2.40. The van der Waals surface area contributed by atoms with Crippen molar-refractivity contribution in [1.82, 2.24) is 24.9 Å². The third-order valence-electron chi connectivity index (χ3n) is 5.63. The van der Waals surface area contributed by atoms with Gasteiger partial charge in [-0.2, -0.15) is 0 Å². The normalized spacial score (nSPS) is 12.8. The van der Waals surface area contributed by atoms with Crippen LogP contribution >= 0.6 is 0 Å². The van der Waals surface area contributed by atoms with Crippen LogP contribution in [0.25, 0.3) is 16.5 Å². The van der Waals surface area contributed by atoms with Gasteiger partial charge in [0.1, 0.15) is 5.75 Å². The lowest BCUT2D eigenvalue weighted by atomic mass is 9.83. The second-order valence-corrected chi connectivity index (χ2v) is 10.1. The number of carbonyl (C=O) groups is 1. The van der Waals surface area contributed by atoms with Crippen molar-refractivity contribution in [1.29, 1.82) is 0 Å². The molecule has 2 N–H and O–H groups in total. The Morgan fingerprint density at radius 3 is 2.53 bits per heavy atom. The van der Waals surface area contributed by atoms with E-state index in [0.29, 0.717) is 35.4 Å². The highest BCUT2D eigenvalue weighted by Crippen LogP contribution is 2.41. The first-order valence-electron chi connectivity index (χ1n) is 11.7. The summed E-state index contributed by atoms with van der Waals surface area (Å²) in [6.45, 7) is 12.9. The smallest absolute Gasteiger partial charge is 0.405 e. The Morgan fingerprint density at radius 2 is 1.97 bits per heavy atom. The van der Waals surface area contributed by atoms with E-state index in [1.807, 2.05) is 46.8 Å². The van der Waals surface area contributed by atoms with Crippen molar-refractivity contribution >= 4 is 16.9 Å². The van der Waals surface area contributed by atoms with Crippen molar-refractivity contribution in [2.75, 3.05) is 6.61 Å². The number of rotatable bonds is 9. The molecular weight excluding hydrogens is 434 g/mol. The number of aromatic nitrogens is 4. The largest absolute Gasteiger partial charge is 0.491 e. The van der Waals surface area contributed by atoms with Gasteiger partial charge < -0.3 is 19.7 Å². The minimum Gasteiger partial charge on any atom is -0.491 e. The Morgan fingerprint density at radius 1 is 1.24 bits per heavy atom. The molecule has 9 nitrogen and oxygen atoms in total. The fourth-order valence-corrected chi connectivity index (χ4v) is 4.03. The number of nitrogens with zero attached hydrogens (tertiary/aromatic N) is 4. The highest BCUT2D eigenvalue weighted by molar-refractivity contribution is 5.90. The number of ether oxygens (including phenoxy) is 1. The molecule has 34 heavy (non-hydrogen) atoms. The van der Waals surface area contributed by atoms with Crippen LogP contribution in [0.5, 0.6) is 5.75 Å². The summed E-state index contributed by atoms with van der Waals surface area (Å²) in [7, 11) is 0. The number of carboxylic acid groups (broad SMARTS) is 1. The van der Waals surface area contributed by atoms with Crippen LogP contribution in [0.1, 0.15) is 66.1 Å². The molecule has 184 valence electrons. The summed E-state index contributed by atoms with van der Waals surface area (Å²) in [6.07, 6.45) is 3.93. The Hall–Kier alpha value is -3.36. The van der Waals surface area contributed by atoms with Crippen LogP contribution in [-0.4, -0.2) is 37.4 Å². The number of amides is 1. The van der Waals surface area contributed by atoms with E-state index < -0.39 is 17.6 Å². The van der Waals surface area contributed by atoms with Crippen LogP contribution in [-0.2, 0) is 6.54 Å². The number of pyridine rings is 1. The average Bonchev–Trinajstić information content (AvgIpc) is 3.29. The van der Waals surface area contributed by atoms with E-state index in [1.54, 1.807) is 27.7 Å². The first-order chi connectivity index (χ1) is 16.0. The van der Waals surface area contributed by atoms with Crippen LogP contribution in [0.2, 0.25) is 0 Å². The molecule has 3 rings (SSSR count). The molecular formula is C25H35N5O4.